The van der Waals surface area contributed by atoms with Gasteiger partial charge in [-0.2, -0.15) is 0 Å². The molecule has 35 heavy (non-hydrogen) atoms. The van der Waals surface area contributed by atoms with E-state index in [0.29, 0.717) is 11.1 Å². The molecule has 1 fully saturated rings. The number of rotatable bonds is 4. The molecule has 0 bridgehead atoms. The first-order valence-electron chi connectivity index (χ1n) is 11.7. The lowest BCUT2D eigenvalue weighted by Gasteiger charge is -2.26. The van der Waals surface area contributed by atoms with Crippen LogP contribution in [0.1, 0.15) is 29.6 Å². The van der Waals surface area contributed by atoms with Crippen molar-refractivity contribution in [3.05, 3.63) is 83.8 Å². The molecule has 0 saturated carbocycles. The van der Waals surface area contributed by atoms with E-state index in [2.05, 4.69) is 15.3 Å². The van der Waals surface area contributed by atoms with E-state index in [9.17, 15) is 4.79 Å². The number of halogens is 1. The van der Waals surface area contributed by atoms with Gasteiger partial charge in [0.1, 0.15) is 5.82 Å². The third-order valence-electron chi connectivity index (χ3n) is 6.52. The number of hydrogen-bond donors (Lipinski definition) is 1. The maximum absolute atomic E-state index is 15.2. The van der Waals surface area contributed by atoms with E-state index in [4.69, 9.17) is 0 Å². The van der Waals surface area contributed by atoms with Crippen LogP contribution in [0.2, 0.25) is 0 Å². The van der Waals surface area contributed by atoms with E-state index in [1.165, 1.54) is 6.07 Å². The lowest BCUT2D eigenvalue weighted by molar-refractivity contribution is 0.0724. The van der Waals surface area contributed by atoms with Gasteiger partial charge in [0.15, 0.2) is 0 Å². The lowest BCUT2D eigenvalue weighted by Crippen LogP contribution is -2.35. The first kappa shape index (κ1) is 21.7. The molecule has 1 aliphatic rings. The van der Waals surface area contributed by atoms with Gasteiger partial charge in [-0.15, -0.1) is 11.3 Å². The number of nitrogens with one attached hydrogen (secondary N) is 1. The van der Waals surface area contributed by atoms with E-state index in [0.717, 1.165) is 70.4 Å². The Bertz CT molecular complexity index is 1560. The largest absolute Gasteiger partial charge is 0.355 e. The fourth-order valence-corrected chi connectivity index (χ4v) is 5.33. The highest BCUT2D eigenvalue weighted by Gasteiger charge is 2.19. The summed E-state index contributed by atoms with van der Waals surface area (Å²) in [6.45, 7) is 1.48. The van der Waals surface area contributed by atoms with Gasteiger partial charge in [0, 0.05) is 47.2 Å². The molecule has 174 valence electrons. The number of hydrogen-bond acceptors (Lipinski definition) is 5. The summed E-state index contributed by atoms with van der Waals surface area (Å²) >= 11 is 1.61. The topological polar surface area (TPSA) is 58.1 Å². The number of amides is 1. The highest BCUT2D eigenvalue weighted by Crippen LogP contribution is 2.32. The molecule has 2 aromatic heterocycles. The summed E-state index contributed by atoms with van der Waals surface area (Å²) in [4.78, 5) is 23.5. The molecule has 7 heteroatoms. The maximum atomic E-state index is 15.2. The second-order valence-corrected chi connectivity index (χ2v) is 9.68. The Kier molecular flexibility index (Phi) is 5.62. The van der Waals surface area contributed by atoms with Crippen molar-refractivity contribution in [2.45, 2.75) is 19.3 Å². The van der Waals surface area contributed by atoms with E-state index in [1.807, 2.05) is 52.9 Å². The number of carbonyl (C=O) groups is 1. The molecule has 0 unspecified atom stereocenters. The normalized spacial score (nSPS) is 13.9. The Morgan fingerprint density at radius 3 is 2.66 bits per heavy atom. The summed E-state index contributed by atoms with van der Waals surface area (Å²) in [5.41, 5.74) is 6.99. The average Bonchev–Trinajstić information content (AvgIpc) is 3.37. The highest BCUT2D eigenvalue weighted by molar-refractivity contribution is 7.16. The third-order valence-corrected chi connectivity index (χ3v) is 7.33. The molecule has 0 atom stereocenters. The van der Waals surface area contributed by atoms with Crippen molar-refractivity contribution >= 4 is 49.7 Å². The van der Waals surface area contributed by atoms with Crippen molar-refractivity contribution in [1.82, 2.24) is 14.9 Å². The zero-order valence-electron chi connectivity index (χ0n) is 19.0. The van der Waals surface area contributed by atoms with Gasteiger partial charge in [0.05, 0.1) is 21.2 Å². The van der Waals surface area contributed by atoms with E-state index >= 15 is 4.39 Å². The summed E-state index contributed by atoms with van der Waals surface area (Å²) in [7, 11) is 0. The highest BCUT2D eigenvalue weighted by atomic mass is 32.1. The number of benzene rings is 3. The minimum absolute atomic E-state index is 0.0959. The van der Waals surface area contributed by atoms with Crippen LogP contribution in [-0.4, -0.2) is 33.9 Å². The van der Waals surface area contributed by atoms with Crippen LogP contribution in [0, 0.1) is 5.82 Å². The van der Waals surface area contributed by atoms with Gasteiger partial charge in [-0.05, 0) is 73.4 Å². The van der Waals surface area contributed by atoms with Crippen LogP contribution in [0.15, 0.2) is 72.4 Å². The van der Waals surface area contributed by atoms with Gasteiger partial charge in [0.2, 0.25) is 0 Å². The molecule has 6 rings (SSSR count). The van der Waals surface area contributed by atoms with Gasteiger partial charge in [-0.3, -0.25) is 9.78 Å². The van der Waals surface area contributed by atoms with Gasteiger partial charge >= 0.3 is 0 Å². The molecule has 5 nitrogen and oxygen atoms in total. The van der Waals surface area contributed by atoms with E-state index in [-0.39, 0.29) is 5.91 Å². The standard InChI is InChI=1S/C28H23FN4OS/c29-23-15-19(28(34)33-12-2-1-3-13-33)4-7-21(23)18-5-8-24-22(14-18)25(10-11-30-24)32-20-6-9-27-26(16-20)31-17-35-27/h4-11,14-17H,1-3,12-13H2,(H,30,32). The molecule has 3 aromatic carbocycles. The van der Waals surface area contributed by atoms with Crippen LogP contribution in [0.5, 0.6) is 0 Å². The first-order chi connectivity index (χ1) is 17.2. The minimum atomic E-state index is -0.403. The Morgan fingerprint density at radius 1 is 0.914 bits per heavy atom. The second kappa shape index (κ2) is 9.07. The molecule has 1 N–H and O–H groups in total. The summed E-state index contributed by atoms with van der Waals surface area (Å²) < 4.78 is 16.4. The lowest BCUT2D eigenvalue weighted by atomic mass is 10.00. The van der Waals surface area contributed by atoms with E-state index < -0.39 is 5.82 Å². The minimum Gasteiger partial charge on any atom is -0.355 e. The average molecular weight is 483 g/mol. The van der Waals surface area contributed by atoms with Gasteiger partial charge < -0.3 is 10.2 Å². The van der Waals surface area contributed by atoms with Crippen molar-refractivity contribution in [2.75, 3.05) is 18.4 Å². The molecule has 1 aliphatic heterocycles. The van der Waals surface area contributed by atoms with Gasteiger partial charge in [-0.1, -0.05) is 12.1 Å². The first-order valence-corrected chi connectivity index (χ1v) is 12.6. The number of anilines is 2. The Morgan fingerprint density at radius 2 is 1.80 bits per heavy atom. The number of pyridine rings is 1. The van der Waals surface area contributed by atoms with Gasteiger partial charge in [0.25, 0.3) is 5.91 Å². The fraction of sp³-hybridized carbons (Fsp3) is 0.179. The molecule has 5 aromatic rings. The Labute approximate surface area is 206 Å². The quantitative estimate of drug-likeness (QED) is 0.299. The molecule has 1 amide bonds. The number of likely N-dealkylation sites (tertiary alicyclic amines) is 1. The monoisotopic (exact) mass is 482 g/mol. The van der Waals surface area contributed by atoms with Crippen LogP contribution in [0.25, 0.3) is 32.2 Å². The number of nitrogens with zero attached hydrogens (tertiary/aromatic N) is 3. The number of fused-ring (bicyclic) bond motifs is 2. The SMILES string of the molecule is O=C(c1ccc(-c2ccc3nccc(Nc4ccc5scnc5c4)c3c2)c(F)c1)N1CCCCC1. The molecular weight excluding hydrogens is 459 g/mol. The molecule has 0 spiro atoms. The smallest absolute Gasteiger partial charge is 0.253 e. The predicted molar refractivity (Wildman–Crippen MR) is 140 cm³/mol. The molecule has 3 heterocycles. The zero-order valence-corrected chi connectivity index (χ0v) is 19.8. The zero-order chi connectivity index (χ0) is 23.8. The van der Waals surface area contributed by atoms with Crippen molar-refractivity contribution in [3.8, 4) is 11.1 Å². The summed E-state index contributed by atoms with van der Waals surface area (Å²) in [5.74, 6) is -0.499. The Balaban J connectivity index is 1.33. The summed E-state index contributed by atoms with van der Waals surface area (Å²) in [6, 6.07) is 18.5. The van der Waals surface area contributed by atoms with E-state index in [1.54, 1.807) is 29.7 Å². The summed E-state index contributed by atoms with van der Waals surface area (Å²) in [5, 5.41) is 4.35. The van der Waals surface area contributed by atoms with Crippen LogP contribution in [0.4, 0.5) is 15.8 Å². The van der Waals surface area contributed by atoms with Crippen molar-refractivity contribution in [1.29, 1.82) is 0 Å². The number of aromatic nitrogens is 2. The number of thiazole rings is 1. The van der Waals surface area contributed by atoms with Gasteiger partial charge in [-0.25, -0.2) is 9.37 Å². The Hall–Kier alpha value is -3.84. The predicted octanol–water partition coefficient (Wildman–Crippen LogP) is 7.02. The third kappa shape index (κ3) is 4.23. The van der Waals surface area contributed by atoms with Crippen LogP contribution < -0.4 is 5.32 Å². The maximum Gasteiger partial charge on any atom is 0.253 e. The molecular formula is C28H23FN4OS. The number of piperidine rings is 1. The second-order valence-electron chi connectivity index (χ2n) is 8.80. The van der Waals surface area contributed by atoms with Crippen molar-refractivity contribution < 1.29 is 9.18 Å². The van der Waals surface area contributed by atoms with Crippen LogP contribution >= 0.6 is 11.3 Å². The fourth-order valence-electron chi connectivity index (χ4n) is 4.68. The van der Waals surface area contributed by atoms with Crippen LogP contribution in [-0.2, 0) is 0 Å². The summed E-state index contributed by atoms with van der Waals surface area (Å²) in [6.07, 6.45) is 4.91. The molecule has 0 radical (unpaired) electrons. The molecule has 0 aliphatic carbocycles. The van der Waals surface area contributed by atoms with Crippen LogP contribution in [0.3, 0.4) is 0 Å². The molecule has 1 saturated heterocycles. The van der Waals surface area contributed by atoms with Crippen molar-refractivity contribution in [3.63, 3.8) is 0 Å². The van der Waals surface area contributed by atoms with Crippen molar-refractivity contribution in [2.24, 2.45) is 0 Å². The number of carbonyl (C=O) groups excluding carboxylic acids is 1.